The first-order valence-electron chi connectivity index (χ1n) is 12.8. The summed E-state index contributed by atoms with van der Waals surface area (Å²) in [4.78, 5) is 0. The Morgan fingerprint density at radius 2 is 1.19 bits per heavy atom. The second-order valence-electron chi connectivity index (χ2n) is 8.08. The molecule has 0 saturated carbocycles. The predicted molar refractivity (Wildman–Crippen MR) is 147 cm³/mol. The van der Waals surface area contributed by atoms with Crippen molar-refractivity contribution in [2.75, 3.05) is 32.7 Å². The van der Waals surface area contributed by atoms with Crippen LogP contribution in [0.25, 0.3) is 0 Å². The maximum Gasteiger partial charge on any atom is 0.209 e. The Labute approximate surface area is 205 Å². The fraction of sp³-hybridized carbons (Fsp3) is 1.00. The largest absolute Gasteiger partial charge is 0.268 e. The zero-order valence-electron chi connectivity index (χ0n) is 21.2. The van der Waals surface area contributed by atoms with Crippen LogP contribution in [0.5, 0.6) is 0 Å². The summed E-state index contributed by atoms with van der Waals surface area (Å²) in [5.41, 5.74) is 7.41. The normalized spacial score (nSPS) is 24.7. The zero-order chi connectivity index (χ0) is 23.7. The third-order valence-electron chi connectivity index (χ3n) is 4.97. The highest BCUT2D eigenvalue weighted by Gasteiger charge is 2.44. The summed E-state index contributed by atoms with van der Waals surface area (Å²) < 4.78 is 9.91. The van der Waals surface area contributed by atoms with Crippen molar-refractivity contribution >= 4 is 34.7 Å². The van der Waals surface area contributed by atoms with Crippen LogP contribution < -0.4 is 26.1 Å². The molecule has 3 unspecified atom stereocenters. The molecule has 0 fully saturated rings. The molecule has 0 spiro atoms. The molecule has 0 aromatic heterocycles. The first-order valence-corrected chi connectivity index (χ1v) is 17.9. The second-order valence-corrected chi connectivity index (χ2v) is 15.6. The minimum absolute atomic E-state index is 0.890. The first-order chi connectivity index (χ1) is 15.6. The summed E-state index contributed by atoms with van der Waals surface area (Å²) in [5, 5.41) is 11.3. The lowest BCUT2D eigenvalue weighted by molar-refractivity contribution is 0.414. The molecule has 8 nitrogen and oxygen atoms in total. The molecule has 32 heavy (non-hydrogen) atoms. The fourth-order valence-corrected chi connectivity index (χ4v) is 12.9. The van der Waals surface area contributed by atoms with Crippen molar-refractivity contribution in [2.24, 2.45) is 4.52 Å². The molecule has 12 heteroatoms. The molecule has 1 aliphatic rings. The molecule has 0 radical (unpaired) electrons. The highest BCUT2D eigenvalue weighted by atomic mass is 35.7. The number of rotatable bonds is 20. The maximum absolute atomic E-state index is 7.39. The summed E-state index contributed by atoms with van der Waals surface area (Å²) in [7, 11) is -1.83. The van der Waals surface area contributed by atoms with Crippen molar-refractivity contribution < 1.29 is 0 Å². The number of hydrazine groups is 2. The van der Waals surface area contributed by atoms with E-state index < -0.39 is 23.5 Å². The molecular formula is C20H50ClN8P3. The van der Waals surface area contributed by atoms with Gasteiger partial charge in [0.15, 0.2) is 16.7 Å². The Morgan fingerprint density at radius 3 is 1.78 bits per heavy atom. The smallest absolute Gasteiger partial charge is 0.209 e. The van der Waals surface area contributed by atoms with Gasteiger partial charge in [-0.1, -0.05) is 66.7 Å². The topological polar surface area (TPSA) is 79.0 Å². The van der Waals surface area contributed by atoms with E-state index in [0.29, 0.717) is 0 Å². The van der Waals surface area contributed by atoms with Gasteiger partial charge in [0.2, 0.25) is 6.71 Å². The molecule has 0 aromatic rings. The highest BCUT2D eigenvalue weighted by Crippen LogP contribution is 2.74. The van der Waals surface area contributed by atoms with E-state index in [0.717, 1.165) is 77.7 Å². The minimum atomic E-state index is -2.41. The number of halogens is 1. The van der Waals surface area contributed by atoms with Crippen molar-refractivity contribution in [1.29, 1.82) is 0 Å². The summed E-state index contributed by atoms with van der Waals surface area (Å²) >= 11 is 7.39. The molecule has 0 bridgehead atoms. The van der Waals surface area contributed by atoms with Gasteiger partial charge < -0.3 is 0 Å². The molecule has 1 aliphatic heterocycles. The SMILES string of the molecule is CCCCNN1P(NCCCC)N=P(Cl)(NCCCC)N(NCCCC)P1NCCCC. The minimum Gasteiger partial charge on any atom is -0.268 e. The molecule has 1 rings (SSSR count). The molecular weight excluding hydrogens is 481 g/mol. The predicted octanol–water partition coefficient (Wildman–Crippen LogP) is 7.02. The van der Waals surface area contributed by atoms with Gasteiger partial charge in [-0.25, -0.2) is 15.4 Å². The summed E-state index contributed by atoms with van der Waals surface area (Å²) in [6.07, 6.45) is 11.5. The van der Waals surface area contributed by atoms with Crippen LogP contribution in [-0.2, 0) is 0 Å². The molecule has 0 saturated heterocycles. The van der Waals surface area contributed by atoms with Gasteiger partial charge in [0.05, 0.1) is 0 Å². The second kappa shape index (κ2) is 19.3. The number of nitrogens with one attached hydrogen (secondary N) is 5. The summed E-state index contributed by atoms with van der Waals surface area (Å²) in [6.45, 7) is 13.4. The molecule has 5 N–H and O–H groups in total. The van der Waals surface area contributed by atoms with E-state index in [9.17, 15) is 0 Å². The van der Waals surface area contributed by atoms with Gasteiger partial charge in [-0.05, 0) is 43.3 Å². The van der Waals surface area contributed by atoms with E-state index in [1.54, 1.807) is 0 Å². The summed E-state index contributed by atoms with van der Waals surface area (Å²) in [5.74, 6) is 0. The van der Waals surface area contributed by atoms with Crippen molar-refractivity contribution in [1.82, 2.24) is 35.2 Å². The van der Waals surface area contributed by atoms with Crippen molar-refractivity contribution in [3.8, 4) is 0 Å². The Morgan fingerprint density at radius 1 is 0.688 bits per heavy atom. The van der Waals surface area contributed by atoms with Crippen LogP contribution in [0.15, 0.2) is 4.52 Å². The lowest BCUT2D eigenvalue weighted by Crippen LogP contribution is -2.48. The molecule has 0 amide bonds. The molecule has 0 aliphatic carbocycles. The van der Waals surface area contributed by atoms with E-state index >= 15 is 0 Å². The monoisotopic (exact) mass is 530 g/mol. The Kier molecular flexibility index (Phi) is 18.8. The van der Waals surface area contributed by atoms with E-state index in [1.165, 1.54) is 19.3 Å². The quantitative estimate of drug-likeness (QED) is 0.0854. The van der Waals surface area contributed by atoms with E-state index in [1.807, 2.05) is 0 Å². The molecule has 192 valence electrons. The van der Waals surface area contributed by atoms with Crippen LogP contribution in [0, 0.1) is 0 Å². The van der Waals surface area contributed by atoms with Gasteiger partial charge in [0, 0.05) is 32.7 Å². The maximum atomic E-state index is 7.39. The molecule has 0 aromatic carbocycles. The van der Waals surface area contributed by atoms with Crippen LogP contribution in [0.4, 0.5) is 0 Å². The van der Waals surface area contributed by atoms with Crippen molar-refractivity contribution in [3.63, 3.8) is 0 Å². The van der Waals surface area contributed by atoms with Crippen molar-refractivity contribution in [2.45, 2.75) is 98.8 Å². The first kappa shape index (κ1) is 31.1. The van der Waals surface area contributed by atoms with Crippen molar-refractivity contribution in [3.05, 3.63) is 0 Å². The van der Waals surface area contributed by atoms with Gasteiger partial charge >= 0.3 is 0 Å². The van der Waals surface area contributed by atoms with Gasteiger partial charge in [0.1, 0.15) is 0 Å². The van der Waals surface area contributed by atoms with Crippen LogP contribution in [0.1, 0.15) is 98.8 Å². The van der Waals surface area contributed by atoms with Gasteiger partial charge in [-0.15, -0.1) is 9.10 Å². The number of hydrogen-bond acceptors (Lipinski definition) is 8. The fourth-order valence-electron chi connectivity index (χ4n) is 2.91. The average Bonchev–Trinajstić information content (AvgIpc) is 2.78. The van der Waals surface area contributed by atoms with E-state index in [4.69, 9.17) is 15.8 Å². The number of nitrogens with zero attached hydrogens (tertiary/aromatic N) is 3. The zero-order valence-corrected chi connectivity index (χ0v) is 24.6. The van der Waals surface area contributed by atoms with Crippen LogP contribution in [-0.4, -0.2) is 41.8 Å². The molecule has 3 atom stereocenters. The lowest BCUT2D eigenvalue weighted by atomic mass is 10.3. The van der Waals surface area contributed by atoms with Crippen LogP contribution >= 0.6 is 34.7 Å². The lowest BCUT2D eigenvalue weighted by Gasteiger charge is -2.48. The molecule has 1 heterocycles. The highest BCUT2D eigenvalue weighted by molar-refractivity contribution is 7.96. The van der Waals surface area contributed by atoms with Gasteiger partial charge in [-0.2, -0.15) is 0 Å². The summed E-state index contributed by atoms with van der Waals surface area (Å²) in [6, 6.07) is 0. The van der Waals surface area contributed by atoms with E-state index in [2.05, 4.69) is 69.8 Å². The standard InChI is InChI=1S/C20H50ClN8P3/c1-6-11-16-22-28-30(24-18-13-8-3)27-32(21,26-20-15-10-5)29(23-17-12-7-2)31(28)25-19-14-9-4/h22-26H,6-20H2,1-5H3. The third kappa shape index (κ3) is 11.2. The Hall–Kier alpha value is 1.10. The van der Waals surface area contributed by atoms with Crippen LogP contribution in [0.2, 0.25) is 0 Å². The Bertz CT molecular complexity index is 517. The number of unbranched alkanes of at least 4 members (excludes halogenated alkanes) is 5. The van der Waals surface area contributed by atoms with Gasteiger partial charge in [-0.3, -0.25) is 15.3 Å². The number of hydrogen-bond donors (Lipinski definition) is 5. The van der Waals surface area contributed by atoms with E-state index in [-0.39, 0.29) is 0 Å². The van der Waals surface area contributed by atoms with Crippen LogP contribution in [0.3, 0.4) is 0 Å². The van der Waals surface area contributed by atoms with Gasteiger partial charge in [0.25, 0.3) is 0 Å². The third-order valence-corrected chi connectivity index (χ3v) is 14.4. The Balaban J connectivity index is 3.26. The average molecular weight is 531 g/mol.